The average molecular weight is 395 g/mol. The topological polar surface area (TPSA) is 42.4 Å². The number of carbonyl (C=O) groups is 1. The zero-order chi connectivity index (χ0) is 19.6. The van der Waals surface area contributed by atoms with Gasteiger partial charge in [-0.05, 0) is 24.0 Å². The highest BCUT2D eigenvalue weighted by molar-refractivity contribution is 7.09. The molecule has 0 spiro atoms. The van der Waals surface area contributed by atoms with Gasteiger partial charge in [-0.25, -0.2) is 4.98 Å². The number of rotatable bonds is 10. The summed E-state index contributed by atoms with van der Waals surface area (Å²) in [6, 6.07) is 20.6. The second-order valence-electron chi connectivity index (χ2n) is 6.66. The Morgan fingerprint density at radius 1 is 1.00 bits per heavy atom. The fraction of sp³-hybridized carbons (Fsp3) is 0.304. The number of hydrogen-bond donors (Lipinski definition) is 0. The van der Waals surface area contributed by atoms with Crippen molar-refractivity contribution in [2.24, 2.45) is 0 Å². The lowest BCUT2D eigenvalue weighted by molar-refractivity contribution is 0.0688. The number of amides is 1. The molecule has 146 valence electrons. The zero-order valence-electron chi connectivity index (χ0n) is 16.2. The standard InChI is InChI=1S/C23H26N2O2S/c1-27-16-15-25(14-8-13-19-9-4-2-5-10-19)23(26)21-18-28-22(24-21)17-20-11-6-3-7-12-20/h2-7,9-12,18H,8,13-17H2,1H3. The molecule has 0 N–H and O–H groups in total. The van der Waals surface area contributed by atoms with Gasteiger partial charge >= 0.3 is 0 Å². The van der Waals surface area contributed by atoms with Crippen LogP contribution in [-0.4, -0.2) is 42.6 Å². The molecule has 1 amide bonds. The molecular formula is C23H26N2O2S. The molecule has 5 heteroatoms. The van der Waals surface area contributed by atoms with Crippen molar-refractivity contribution >= 4 is 17.2 Å². The Morgan fingerprint density at radius 2 is 1.68 bits per heavy atom. The van der Waals surface area contributed by atoms with Gasteiger partial charge in [-0.15, -0.1) is 11.3 Å². The van der Waals surface area contributed by atoms with Crippen LogP contribution < -0.4 is 0 Å². The van der Waals surface area contributed by atoms with Gasteiger partial charge in [-0.3, -0.25) is 4.79 Å². The summed E-state index contributed by atoms with van der Waals surface area (Å²) in [5.74, 6) is -0.0133. The summed E-state index contributed by atoms with van der Waals surface area (Å²) in [6.07, 6.45) is 2.62. The molecule has 4 nitrogen and oxygen atoms in total. The summed E-state index contributed by atoms with van der Waals surface area (Å²) < 4.78 is 5.20. The van der Waals surface area contributed by atoms with E-state index in [1.54, 1.807) is 18.4 Å². The smallest absolute Gasteiger partial charge is 0.273 e. The van der Waals surface area contributed by atoms with Crippen LogP contribution >= 0.6 is 11.3 Å². The number of hydrogen-bond acceptors (Lipinski definition) is 4. The minimum absolute atomic E-state index is 0.0133. The van der Waals surface area contributed by atoms with Crippen LogP contribution in [0.15, 0.2) is 66.0 Å². The van der Waals surface area contributed by atoms with E-state index in [9.17, 15) is 4.79 Å². The lowest BCUT2D eigenvalue weighted by atomic mass is 10.1. The number of carbonyl (C=O) groups excluding carboxylic acids is 1. The highest BCUT2D eigenvalue weighted by Crippen LogP contribution is 2.16. The summed E-state index contributed by atoms with van der Waals surface area (Å²) in [6.45, 7) is 1.80. The normalized spacial score (nSPS) is 10.8. The third-order valence-corrected chi connectivity index (χ3v) is 5.41. The van der Waals surface area contributed by atoms with Crippen LogP contribution in [0.25, 0.3) is 0 Å². The van der Waals surface area contributed by atoms with Crippen molar-refractivity contribution in [1.29, 1.82) is 0 Å². The largest absolute Gasteiger partial charge is 0.383 e. The van der Waals surface area contributed by atoms with Crippen LogP contribution in [0.5, 0.6) is 0 Å². The predicted molar refractivity (Wildman–Crippen MR) is 114 cm³/mol. The molecule has 0 atom stereocenters. The highest BCUT2D eigenvalue weighted by atomic mass is 32.1. The Morgan fingerprint density at radius 3 is 2.36 bits per heavy atom. The summed E-state index contributed by atoms with van der Waals surface area (Å²) in [7, 11) is 1.66. The molecule has 1 aromatic heterocycles. The fourth-order valence-electron chi connectivity index (χ4n) is 3.06. The van der Waals surface area contributed by atoms with Gasteiger partial charge in [0.1, 0.15) is 5.69 Å². The maximum atomic E-state index is 13.0. The number of methoxy groups -OCH3 is 1. The highest BCUT2D eigenvalue weighted by Gasteiger charge is 2.18. The third kappa shape index (κ3) is 6.01. The first-order valence-corrected chi connectivity index (χ1v) is 10.4. The van der Waals surface area contributed by atoms with Crippen LogP contribution in [0.1, 0.15) is 33.0 Å². The quantitative estimate of drug-likeness (QED) is 0.510. The first-order valence-electron chi connectivity index (χ1n) is 9.56. The lowest BCUT2D eigenvalue weighted by Crippen LogP contribution is -2.35. The van der Waals surface area contributed by atoms with E-state index in [1.807, 2.05) is 46.7 Å². The van der Waals surface area contributed by atoms with E-state index in [0.717, 1.165) is 24.3 Å². The lowest BCUT2D eigenvalue weighted by Gasteiger charge is -2.21. The number of aromatic nitrogens is 1. The Kier molecular flexibility index (Phi) is 7.76. The van der Waals surface area contributed by atoms with Crippen LogP contribution in [0.3, 0.4) is 0 Å². The van der Waals surface area contributed by atoms with Gasteiger partial charge in [-0.1, -0.05) is 60.7 Å². The van der Waals surface area contributed by atoms with Crippen LogP contribution in [0.2, 0.25) is 0 Å². The van der Waals surface area contributed by atoms with Crippen LogP contribution in [-0.2, 0) is 17.6 Å². The number of ether oxygens (including phenoxy) is 1. The molecule has 3 aromatic rings. The Labute approximate surface area is 170 Å². The van der Waals surface area contributed by atoms with E-state index >= 15 is 0 Å². The maximum absolute atomic E-state index is 13.0. The summed E-state index contributed by atoms with van der Waals surface area (Å²) >= 11 is 1.54. The monoisotopic (exact) mass is 394 g/mol. The average Bonchev–Trinajstić information content (AvgIpc) is 3.20. The first kappa shape index (κ1) is 20.2. The maximum Gasteiger partial charge on any atom is 0.273 e. The van der Waals surface area contributed by atoms with Crippen molar-refractivity contribution in [3.8, 4) is 0 Å². The van der Waals surface area contributed by atoms with Gasteiger partial charge < -0.3 is 9.64 Å². The molecule has 0 aliphatic rings. The Hall–Kier alpha value is -2.50. The number of aryl methyl sites for hydroxylation is 1. The second-order valence-corrected chi connectivity index (χ2v) is 7.61. The van der Waals surface area contributed by atoms with Crippen molar-refractivity contribution in [3.63, 3.8) is 0 Å². The van der Waals surface area contributed by atoms with Crippen molar-refractivity contribution in [2.45, 2.75) is 19.3 Å². The molecule has 0 unspecified atom stereocenters. The van der Waals surface area contributed by atoms with E-state index in [2.05, 4.69) is 29.2 Å². The summed E-state index contributed by atoms with van der Waals surface area (Å²) in [4.78, 5) is 19.4. The minimum Gasteiger partial charge on any atom is -0.383 e. The van der Waals surface area contributed by atoms with Crippen molar-refractivity contribution in [2.75, 3.05) is 26.8 Å². The first-order chi connectivity index (χ1) is 13.8. The molecule has 28 heavy (non-hydrogen) atoms. The molecule has 0 radical (unpaired) electrons. The number of benzene rings is 2. The molecule has 0 aliphatic carbocycles. The van der Waals surface area contributed by atoms with E-state index < -0.39 is 0 Å². The predicted octanol–water partition coefficient (Wildman–Crippen LogP) is 4.46. The van der Waals surface area contributed by atoms with E-state index in [1.165, 1.54) is 11.1 Å². The van der Waals surface area contributed by atoms with Gasteiger partial charge in [0.2, 0.25) is 0 Å². The number of thiazole rings is 1. The van der Waals surface area contributed by atoms with Gasteiger partial charge in [0.25, 0.3) is 5.91 Å². The van der Waals surface area contributed by atoms with Gasteiger partial charge in [0.15, 0.2) is 0 Å². The molecule has 0 fully saturated rings. The fourth-order valence-corrected chi connectivity index (χ4v) is 3.86. The van der Waals surface area contributed by atoms with E-state index in [4.69, 9.17) is 4.74 Å². The van der Waals surface area contributed by atoms with Crippen LogP contribution in [0.4, 0.5) is 0 Å². The Bertz CT molecular complexity index is 849. The molecule has 1 heterocycles. The molecule has 0 saturated heterocycles. The summed E-state index contributed by atoms with van der Waals surface area (Å²) in [5.41, 5.74) is 3.03. The molecule has 0 saturated carbocycles. The van der Waals surface area contributed by atoms with E-state index in [-0.39, 0.29) is 5.91 Å². The van der Waals surface area contributed by atoms with Gasteiger partial charge in [0.05, 0.1) is 11.6 Å². The molecule has 0 aliphatic heterocycles. The molecule has 3 rings (SSSR count). The van der Waals surface area contributed by atoms with Gasteiger partial charge in [0, 0.05) is 32.0 Å². The third-order valence-electron chi connectivity index (χ3n) is 4.56. The summed E-state index contributed by atoms with van der Waals surface area (Å²) in [5, 5.41) is 2.84. The van der Waals surface area contributed by atoms with Crippen LogP contribution in [0, 0.1) is 0 Å². The van der Waals surface area contributed by atoms with Crippen molar-refractivity contribution in [3.05, 3.63) is 87.9 Å². The Balaban J connectivity index is 1.60. The van der Waals surface area contributed by atoms with Crippen molar-refractivity contribution in [1.82, 2.24) is 9.88 Å². The molecule has 0 bridgehead atoms. The molecular weight excluding hydrogens is 368 g/mol. The minimum atomic E-state index is -0.0133. The number of nitrogens with zero attached hydrogens (tertiary/aromatic N) is 2. The molecule has 2 aromatic carbocycles. The van der Waals surface area contributed by atoms with Crippen molar-refractivity contribution < 1.29 is 9.53 Å². The van der Waals surface area contributed by atoms with E-state index in [0.29, 0.717) is 25.4 Å². The SMILES string of the molecule is COCCN(CCCc1ccccc1)C(=O)c1csc(Cc2ccccc2)n1. The zero-order valence-corrected chi connectivity index (χ0v) is 17.0. The van der Waals surface area contributed by atoms with Gasteiger partial charge in [-0.2, -0.15) is 0 Å². The second kappa shape index (κ2) is 10.7.